The molecule has 1 heterocycles. The number of hydrogen-bond acceptors (Lipinski definition) is 3. The molecule has 4 rings (SSSR count). The fraction of sp³-hybridized carbons (Fsp3) is 0.321. The van der Waals surface area contributed by atoms with Crippen molar-refractivity contribution in [2.24, 2.45) is 0 Å². The summed E-state index contributed by atoms with van der Waals surface area (Å²) in [4.78, 5) is 2.18. The molecule has 3 nitrogen and oxygen atoms in total. The van der Waals surface area contributed by atoms with Crippen molar-refractivity contribution >= 4 is 0 Å². The first-order valence-electron chi connectivity index (χ1n) is 11.4. The third-order valence-corrected chi connectivity index (χ3v) is 6.70. The Morgan fingerprint density at radius 2 is 1.66 bits per heavy atom. The quantitative estimate of drug-likeness (QED) is 0.373. The topological polar surface area (TPSA) is 36.3 Å². The van der Waals surface area contributed by atoms with Gasteiger partial charge in [-0.25, -0.2) is 4.39 Å². The lowest BCUT2D eigenvalue weighted by Gasteiger charge is -2.41. The van der Waals surface area contributed by atoms with Crippen LogP contribution in [0.2, 0.25) is 0 Å². The number of hydrogen-bond donors (Lipinski definition) is 0. The Balaban J connectivity index is 1.59. The van der Waals surface area contributed by atoms with Crippen LogP contribution in [0.5, 0.6) is 0 Å². The highest BCUT2D eigenvalue weighted by molar-refractivity contribution is 5.66. The van der Waals surface area contributed by atoms with Gasteiger partial charge in [0.2, 0.25) is 0 Å². The predicted octanol–water partition coefficient (Wildman–Crippen LogP) is 6.56. The minimum absolute atomic E-state index is 0.0285. The van der Waals surface area contributed by atoms with Gasteiger partial charge in [0.1, 0.15) is 5.82 Å². The molecule has 0 unspecified atom stereocenters. The van der Waals surface area contributed by atoms with Crippen molar-refractivity contribution in [2.45, 2.75) is 31.0 Å². The van der Waals surface area contributed by atoms with Crippen molar-refractivity contribution in [3.05, 3.63) is 94.8 Å². The molecule has 0 bridgehead atoms. The van der Waals surface area contributed by atoms with Crippen LogP contribution in [0.15, 0.2) is 66.7 Å². The maximum atomic E-state index is 14.7. The van der Waals surface area contributed by atoms with E-state index in [-0.39, 0.29) is 19.0 Å². The Labute approximate surface area is 202 Å². The average Bonchev–Trinajstić information content (AvgIpc) is 2.85. The zero-order chi connectivity index (χ0) is 25.1. The first kappa shape index (κ1) is 24.9. The van der Waals surface area contributed by atoms with Crippen LogP contribution >= 0.6 is 0 Å². The van der Waals surface area contributed by atoms with Crippen LogP contribution < -0.4 is 0 Å². The van der Waals surface area contributed by atoms with Crippen LogP contribution in [0.1, 0.15) is 35.1 Å². The number of alkyl halides is 3. The minimum atomic E-state index is -4.51. The zero-order valence-corrected chi connectivity index (χ0v) is 19.4. The molecule has 0 saturated carbocycles. The molecule has 1 saturated heterocycles. The molecule has 0 spiro atoms. The van der Waals surface area contributed by atoms with E-state index in [4.69, 9.17) is 10.00 Å². The van der Waals surface area contributed by atoms with Gasteiger partial charge in [-0.3, -0.25) is 0 Å². The second kappa shape index (κ2) is 10.2. The zero-order valence-electron chi connectivity index (χ0n) is 19.4. The number of likely N-dealkylation sites (tertiary alicyclic amines) is 1. The molecule has 0 amide bonds. The van der Waals surface area contributed by atoms with E-state index in [9.17, 15) is 17.6 Å². The van der Waals surface area contributed by atoms with Gasteiger partial charge in [0, 0.05) is 5.41 Å². The Morgan fingerprint density at radius 3 is 2.29 bits per heavy atom. The number of rotatable bonds is 6. The van der Waals surface area contributed by atoms with Crippen LogP contribution in [0.4, 0.5) is 17.6 Å². The second-order valence-electron chi connectivity index (χ2n) is 9.16. The van der Waals surface area contributed by atoms with E-state index in [0.29, 0.717) is 40.7 Å². The summed E-state index contributed by atoms with van der Waals surface area (Å²) in [6.07, 6.45) is -3.12. The molecule has 7 heteroatoms. The number of ether oxygens (including phenoxy) is 1. The summed E-state index contributed by atoms with van der Waals surface area (Å²) in [7, 11) is 2.01. The molecule has 0 N–H and O–H groups in total. The van der Waals surface area contributed by atoms with Crippen LogP contribution in [-0.2, 0) is 22.9 Å². The maximum Gasteiger partial charge on any atom is 0.416 e. The summed E-state index contributed by atoms with van der Waals surface area (Å²) in [5.41, 5.74) is 1.09. The normalized spacial score (nSPS) is 16.1. The summed E-state index contributed by atoms with van der Waals surface area (Å²) in [6.45, 7) is 1.75. The average molecular weight is 483 g/mol. The van der Waals surface area contributed by atoms with Crippen molar-refractivity contribution in [2.75, 3.05) is 26.7 Å². The minimum Gasteiger partial charge on any atom is -0.376 e. The monoisotopic (exact) mass is 482 g/mol. The summed E-state index contributed by atoms with van der Waals surface area (Å²) < 4.78 is 61.6. The Kier molecular flexibility index (Phi) is 7.25. The molecule has 182 valence electrons. The van der Waals surface area contributed by atoms with Gasteiger partial charge in [-0.15, -0.1) is 0 Å². The predicted molar refractivity (Wildman–Crippen MR) is 126 cm³/mol. The lowest BCUT2D eigenvalue weighted by molar-refractivity contribution is -0.137. The van der Waals surface area contributed by atoms with Gasteiger partial charge >= 0.3 is 6.18 Å². The number of nitrogens with zero attached hydrogens (tertiary/aromatic N) is 2. The highest BCUT2D eigenvalue weighted by Gasteiger charge is 2.38. The van der Waals surface area contributed by atoms with Crippen molar-refractivity contribution in [1.82, 2.24) is 4.90 Å². The molecular weight excluding hydrogens is 456 g/mol. The van der Waals surface area contributed by atoms with Gasteiger partial charge in [0.25, 0.3) is 0 Å². The van der Waals surface area contributed by atoms with Crippen LogP contribution in [0.3, 0.4) is 0 Å². The standard InChI is InChI=1S/C28H26F4N2O/c1-34-12-10-27(11-13-34,25-4-2-3-5-26(25)29)19-35-18-21-14-23(16-24(15-21)28(30,31)32)22-8-6-20(17-33)7-9-22/h2-9,14-16H,10-13,18-19H2,1H3. The molecular formula is C28H26F4N2O. The van der Waals surface area contributed by atoms with Gasteiger partial charge in [-0.05, 0) is 91.6 Å². The smallest absolute Gasteiger partial charge is 0.376 e. The summed E-state index contributed by atoms with van der Waals surface area (Å²) in [5, 5.41) is 8.99. The lowest BCUT2D eigenvalue weighted by atomic mass is 9.73. The molecule has 0 aromatic heterocycles. The molecule has 0 atom stereocenters. The largest absolute Gasteiger partial charge is 0.416 e. The van der Waals surface area contributed by atoms with E-state index in [1.54, 1.807) is 48.5 Å². The summed E-state index contributed by atoms with van der Waals surface area (Å²) >= 11 is 0. The van der Waals surface area contributed by atoms with E-state index in [1.165, 1.54) is 6.07 Å². The van der Waals surface area contributed by atoms with E-state index >= 15 is 0 Å². The van der Waals surface area contributed by atoms with E-state index in [1.807, 2.05) is 13.1 Å². The third-order valence-electron chi connectivity index (χ3n) is 6.70. The van der Waals surface area contributed by atoms with E-state index < -0.39 is 17.2 Å². The SMILES string of the molecule is CN1CCC(COCc2cc(-c3ccc(C#N)cc3)cc(C(F)(F)F)c2)(c2ccccc2F)CC1. The van der Waals surface area contributed by atoms with E-state index in [2.05, 4.69) is 4.90 Å². The molecule has 0 radical (unpaired) electrons. The molecule has 35 heavy (non-hydrogen) atoms. The number of nitriles is 1. The number of halogens is 4. The molecule has 1 aliphatic rings. The first-order chi connectivity index (χ1) is 16.7. The second-order valence-corrected chi connectivity index (χ2v) is 9.16. The maximum absolute atomic E-state index is 14.7. The summed E-state index contributed by atoms with van der Waals surface area (Å²) in [6, 6.07) is 18.9. The van der Waals surface area contributed by atoms with Gasteiger partial charge in [-0.1, -0.05) is 30.3 Å². The third kappa shape index (κ3) is 5.72. The van der Waals surface area contributed by atoms with Crippen LogP contribution in [0, 0.1) is 17.1 Å². The van der Waals surface area contributed by atoms with Gasteiger partial charge in [0.05, 0.1) is 30.4 Å². The molecule has 1 fully saturated rings. The Morgan fingerprint density at radius 1 is 0.971 bits per heavy atom. The molecule has 3 aromatic rings. The molecule has 0 aliphatic carbocycles. The summed E-state index contributed by atoms with van der Waals surface area (Å²) in [5.74, 6) is -0.289. The highest BCUT2D eigenvalue weighted by atomic mass is 19.4. The van der Waals surface area contributed by atoms with Crippen molar-refractivity contribution in [1.29, 1.82) is 5.26 Å². The van der Waals surface area contributed by atoms with Crippen LogP contribution in [-0.4, -0.2) is 31.6 Å². The number of piperidine rings is 1. The highest BCUT2D eigenvalue weighted by Crippen LogP contribution is 2.38. The first-order valence-corrected chi connectivity index (χ1v) is 11.4. The van der Waals surface area contributed by atoms with Gasteiger partial charge in [0.15, 0.2) is 0 Å². The number of benzene rings is 3. The van der Waals surface area contributed by atoms with E-state index in [0.717, 1.165) is 25.2 Å². The fourth-order valence-electron chi connectivity index (χ4n) is 4.64. The van der Waals surface area contributed by atoms with Crippen molar-refractivity contribution < 1.29 is 22.3 Å². The Bertz CT molecular complexity index is 1210. The molecule has 3 aromatic carbocycles. The van der Waals surface area contributed by atoms with Gasteiger partial charge < -0.3 is 9.64 Å². The Hall–Kier alpha value is -3.21. The lowest BCUT2D eigenvalue weighted by Crippen LogP contribution is -2.44. The van der Waals surface area contributed by atoms with Crippen molar-refractivity contribution in [3.63, 3.8) is 0 Å². The fourth-order valence-corrected chi connectivity index (χ4v) is 4.64. The van der Waals surface area contributed by atoms with Crippen molar-refractivity contribution in [3.8, 4) is 17.2 Å². The van der Waals surface area contributed by atoms with Crippen LogP contribution in [0.25, 0.3) is 11.1 Å². The molecule has 1 aliphatic heterocycles. The van der Waals surface area contributed by atoms with Gasteiger partial charge in [-0.2, -0.15) is 18.4 Å².